The van der Waals surface area contributed by atoms with E-state index in [0.717, 1.165) is 12.0 Å². The standard InChI is InChI=1S/C28H28N2O7/c1-33-23-12-17(16-29-30-27(31)21-15-20(21)18-8-6-5-7-9-18)10-11-22(23)37-28(32)19-13-24(34-2)26(36-4)25(14-19)35-3/h5-14,16,20-21H,15H2,1-4H3,(H,30,31)/b29-16-/t20-,21+/m1/s1. The van der Waals surface area contributed by atoms with Gasteiger partial charge >= 0.3 is 5.97 Å². The molecular weight excluding hydrogens is 476 g/mol. The SMILES string of the molecule is COc1cc(/C=N\NC(=O)[C@H]2C[C@@H]2c2ccccc2)ccc1OC(=O)c1cc(OC)c(OC)c(OC)c1. The van der Waals surface area contributed by atoms with Crippen molar-refractivity contribution >= 4 is 18.1 Å². The van der Waals surface area contributed by atoms with Crippen LogP contribution in [0.4, 0.5) is 0 Å². The van der Waals surface area contributed by atoms with Gasteiger partial charge in [0, 0.05) is 5.92 Å². The second kappa shape index (κ2) is 11.5. The molecule has 1 saturated carbocycles. The van der Waals surface area contributed by atoms with Crippen LogP contribution in [-0.2, 0) is 4.79 Å². The summed E-state index contributed by atoms with van der Waals surface area (Å²) in [7, 11) is 5.87. The second-order valence-corrected chi connectivity index (χ2v) is 8.31. The quantitative estimate of drug-likeness (QED) is 0.191. The van der Waals surface area contributed by atoms with Crippen LogP contribution in [0.5, 0.6) is 28.7 Å². The maximum Gasteiger partial charge on any atom is 0.343 e. The summed E-state index contributed by atoms with van der Waals surface area (Å²) in [5.41, 5.74) is 4.62. The van der Waals surface area contributed by atoms with Crippen LogP contribution >= 0.6 is 0 Å². The van der Waals surface area contributed by atoms with Gasteiger partial charge in [0.2, 0.25) is 11.7 Å². The summed E-state index contributed by atoms with van der Waals surface area (Å²) in [5, 5.41) is 4.07. The van der Waals surface area contributed by atoms with E-state index in [2.05, 4.69) is 10.5 Å². The predicted octanol–water partition coefficient (Wildman–Crippen LogP) is 4.19. The van der Waals surface area contributed by atoms with Crippen LogP contribution in [0.3, 0.4) is 0 Å². The first-order valence-corrected chi connectivity index (χ1v) is 11.6. The number of hydrazone groups is 1. The number of amides is 1. The lowest BCUT2D eigenvalue weighted by Gasteiger charge is -2.14. The number of ether oxygens (including phenoxy) is 5. The van der Waals surface area contributed by atoms with Crippen molar-refractivity contribution in [3.8, 4) is 28.7 Å². The van der Waals surface area contributed by atoms with E-state index in [4.69, 9.17) is 23.7 Å². The van der Waals surface area contributed by atoms with Crippen molar-refractivity contribution in [2.75, 3.05) is 28.4 Å². The van der Waals surface area contributed by atoms with Crippen molar-refractivity contribution in [1.29, 1.82) is 0 Å². The normalized spacial score (nSPS) is 16.1. The number of nitrogens with one attached hydrogen (secondary N) is 1. The van der Waals surface area contributed by atoms with Crippen molar-refractivity contribution in [2.24, 2.45) is 11.0 Å². The van der Waals surface area contributed by atoms with Gasteiger partial charge in [-0.25, -0.2) is 10.2 Å². The molecule has 1 amide bonds. The molecule has 0 aliphatic heterocycles. The Morgan fingerprint density at radius 3 is 2.14 bits per heavy atom. The predicted molar refractivity (Wildman–Crippen MR) is 137 cm³/mol. The van der Waals surface area contributed by atoms with Gasteiger partial charge in [0.1, 0.15) is 0 Å². The number of nitrogens with zero attached hydrogens (tertiary/aromatic N) is 1. The van der Waals surface area contributed by atoms with Crippen LogP contribution in [0.15, 0.2) is 65.8 Å². The molecule has 3 aromatic carbocycles. The zero-order valence-corrected chi connectivity index (χ0v) is 21.0. The van der Waals surface area contributed by atoms with Gasteiger partial charge in [-0.1, -0.05) is 30.3 Å². The van der Waals surface area contributed by atoms with Crippen LogP contribution < -0.4 is 29.1 Å². The van der Waals surface area contributed by atoms with Crippen molar-refractivity contribution in [1.82, 2.24) is 5.43 Å². The second-order valence-electron chi connectivity index (χ2n) is 8.31. The van der Waals surface area contributed by atoms with Gasteiger partial charge in [0.25, 0.3) is 0 Å². The first-order chi connectivity index (χ1) is 18.0. The molecule has 3 aromatic rings. The Labute approximate surface area is 214 Å². The molecule has 2 atom stereocenters. The molecule has 1 aliphatic rings. The number of methoxy groups -OCH3 is 4. The molecule has 1 aliphatic carbocycles. The van der Waals surface area contributed by atoms with Crippen LogP contribution in [0.25, 0.3) is 0 Å². The average Bonchev–Trinajstić information content (AvgIpc) is 3.74. The third-order valence-electron chi connectivity index (χ3n) is 6.03. The molecule has 9 nitrogen and oxygen atoms in total. The third-order valence-corrected chi connectivity index (χ3v) is 6.03. The van der Waals surface area contributed by atoms with Crippen LogP contribution in [-0.4, -0.2) is 46.5 Å². The molecule has 0 heterocycles. The summed E-state index contributed by atoms with van der Waals surface area (Å²) in [5.74, 6) is 0.964. The molecule has 0 bridgehead atoms. The van der Waals surface area contributed by atoms with Crippen LogP contribution in [0, 0.1) is 5.92 Å². The number of rotatable bonds is 10. The highest BCUT2D eigenvalue weighted by atomic mass is 16.6. The van der Waals surface area contributed by atoms with E-state index < -0.39 is 5.97 Å². The third kappa shape index (κ3) is 5.83. The number of hydrogen-bond acceptors (Lipinski definition) is 8. The molecule has 9 heteroatoms. The fraction of sp³-hybridized carbons (Fsp3) is 0.250. The summed E-state index contributed by atoms with van der Waals surface area (Å²) in [6.45, 7) is 0. The molecule has 0 unspecified atom stereocenters. The minimum atomic E-state index is -0.636. The van der Waals surface area contributed by atoms with Crippen molar-refractivity contribution < 1.29 is 33.3 Å². The zero-order chi connectivity index (χ0) is 26.4. The van der Waals surface area contributed by atoms with Crippen molar-refractivity contribution in [3.63, 3.8) is 0 Å². The zero-order valence-electron chi connectivity index (χ0n) is 21.0. The molecule has 0 radical (unpaired) electrons. The summed E-state index contributed by atoms with van der Waals surface area (Å²) in [6, 6.07) is 17.9. The minimum absolute atomic E-state index is 0.0777. The largest absolute Gasteiger partial charge is 0.493 e. The molecule has 37 heavy (non-hydrogen) atoms. The number of carbonyl (C=O) groups excluding carboxylic acids is 2. The molecule has 4 rings (SSSR count). The Hall–Kier alpha value is -4.53. The van der Waals surface area contributed by atoms with E-state index in [-0.39, 0.29) is 29.1 Å². The topological polar surface area (TPSA) is 105 Å². The van der Waals surface area contributed by atoms with Gasteiger partial charge in [-0.05, 0) is 53.8 Å². The molecule has 192 valence electrons. The summed E-state index contributed by atoms with van der Waals surface area (Å²) in [4.78, 5) is 25.3. The maximum atomic E-state index is 12.8. The molecule has 1 fully saturated rings. The fourth-order valence-electron chi connectivity index (χ4n) is 4.01. The molecular formula is C28H28N2O7. The number of esters is 1. The average molecular weight is 505 g/mol. The summed E-state index contributed by atoms with van der Waals surface area (Å²) >= 11 is 0. The maximum absolute atomic E-state index is 12.8. The Bertz CT molecular complexity index is 1280. The fourth-order valence-corrected chi connectivity index (χ4v) is 4.01. The minimum Gasteiger partial charge on any atom is -0.493 e. The Morgan fingerprint density at radius 1 is 0.838 bits per heavy atom. The van der Waals surface area contributed by atoms with E-state index >= 15 is 0 Å². The van der Waals surface area contributed by atoms with Gasteiger partial charge in [-0.3, -0.25) is 4.79 Å². The van der Waals surface area contributed by atoms with Gasteiger partial charge < -0.3 is 23.7 Å². The lowest BCUT2D eigenvalue weighted by Crippen LogP contribution is -2.20. The Kier molecular flexibility index (Phi) is 7.92. The summed E-state index contributed by atoms with van der Waals surface area (Å²) in [6.07, 6.45) is 2.32. The van der Waals surface area contributed by atoms with Crippen molar-refractivity contribution in [2.45, 2.75) is 12.3 Å². The highest BCUT2D eigenvalue weighted by Crippen LogP contribution is 2.47. The number of benzene rings is 3. The van der Waals surface area contributed by atoms with Gasteiger partial charge in [-0.15, -0.1) is 0 Å². The van der Waals surface area contributed by atoms with E-state index in [0.29, 0.717) is 28.6 Å². The monoisotopic (exact) mass is 504 g/mol. The number of carbonyl (C=O) groups is 2. The lowest BCUT2D eigenvalue weighted by atomic mass is 10.1. The van der Waals surface area contributed by atoms with E-state index in [1.807, 2.05) is 30.3 Å². The molecule has 0 spiro atoms. The van der Waals surface area contributed by atoms with Gasteiger partial charge in [0.15, 0.2) is 23.0 Å². The van der Waals surface area contributed by atoms with Gasteiger partial charge in [0.05, 0.1) is 40.2 Å². The summed E-state index contributed by atoms with van der Waals surface area (Å²) < 4.78 is 26.8. The first kappa shape index (κ1) is 25.6. The van der Waals surface area contributed by atoms with E-state index in [1.54, 1.807) is 18.2 Å². The molecule has 1 N–H and O–H groups in total. The van der Waals surface area contributed by atoms with Gasteiger partial charge in [-0.2, -0.15) is 5.10 Å². The Balaban J connectivity index is 1.40. The smallest absolute Gasteiger partial charge is 0.343 e. The van der Waals surface area contributed by atoms with Crippen LogP contribution in [0.1, 0.15) is 33.8 Å². The highest BCUT2D eigenvalue weighted by Gasteiger charge is 2.43. The first-order valence-electron chi connectivity index (χ1n) is 11.6. The van der Waals surface area contributed by atoms with Crippen LogP contribution in [0.2, 0.25) is 0 Å². The highest BCUT2D eigenvalue weighted by molar-refractivity contribution is 5.93. The lowest BCUT2D eigenvalue weighted by molar-refractivity contribution is -0.122. The molecule has 0 aromatic heterocycles. The number of hydrogen-bond donors (Lipinski definition) is 1. The molecule has 0 saturated heterocycles. The van der Waals surface area contributed by atoms with E-state index in [9.17, 15) is 9.59 Å². The Morgan fingerprint density at radius 2 is 1.51 bits per heavy atom. The van der Waals surface area contributed by atoms with Crippen molar-refractivity contribution in [3.05, 3.63) is 77.4 Å². The van der Waals surface area contributed by atoms with E-state index in [1.165, 1.54) is 46.8 Å².